The van der Waals surface area contributed by atoms with E-state index in [2.05, 4.69) is 46.0 Å². The first-order valence-corrected chi connectivity index (χ1v) is 7.50. The Balaban J connectivity index is 1.85. The molecule has 0 radical (unpaired) electrons. The van der Waals surface area contributed by atoms with E-state index in [4.69, 9.17) is 0 Å². The minimum absolute atomic E-state index is 0.418. The van der Waals surface area contributed by atoms with Crippen LogP contribution >= 0.6 is 0 Å². The molecule has 110 valence electrons. The van der Waals surface area contributed by atoms with Crippen molar-refractivity contribution in [1.82, 2.24) is 25.3 Å². The van der Waals surface area contributed by atoms with E-state index >= 15 is 0 Å². The Kier molecular flexibility index (Phi) is 3.92. The Morgan fingerprint density at radius 3 is 2.48 bits per heavy atom. The van der Waals surface area contributed by atoms with Gasteiger partial charge in [-0.3, -0.25) is 4.98 Å². The smallest absolute Gasteiger partial charge is 0.180 e. The van der Waals surface area contributed by atoms with Crippen LogP contribution in [0.5, 0.6) is 0 Å². The molecule has 2 aromatic rings. The van der Waals surface area contributed by atoms with Crippen molar-refractivity contribution < 1.29 is 0 Å². The molecule has 0 saturated heterocycles. The average Bonchev–Trinajstić information content (AvgIpc) is 3.29. The number of rotatable bonds is 5. The van der Waals surface area contributed by atoms with Crippen molar-refractivity contribution >= 4 is 0 Å². The number of aryl methyl sites for hydroxylation is 2. The quantitative estimate of drug-likeness (QED) is 0.913. The van der Waals surface area contributed by atoms with Gasteiger partial charge in [0.1, 0.15) is 5.69 Å². The molecule has 1 saturated carbocycles. The van der Waals surface area contributed by atoms with E-state index in [1.807, 2.05) is 0 Å². The summed E-state index contributed by atoms with van der Waals surface area (Å²) in [5, 5.41) is 3.58. The molecule has 1 atom stereocenters. The molecule has 1 aliphatic carbocycles. The molecular weight excluding hydrogens is 262 g/mol. The highest BCUT2D eigenvalue weighted by atomic mass is 15.0. The van der Waals surface area contributed by atoms with Crippen LogP contribution in [0.3, 0.4) is 0 Å². The van der Waals surface area contributed by atoms with E-state index in [0.717, 1.165) is 29.7 Å². The van der Waals surface area contributed by atoms with Crippen LogP contribution in [0.25, 0.3) is 11.5 Å². The van der Waals surface area contributed by atoms with Crippen LogP contribution in [0.1, 0.15) is 42.6 Å². The number of hydrogen-bond donors (Lipinski definition) is 1. The molecule has 5 nitrogen and oxygen atoms in total. The van der Waals surface area contributed by atoms with E-state index in [1.165, 1.54) is 18.4 Å². The number of nitrogens with zero attached hydrogens (tertiary/aromatic N) is 4. The van der Waals surface area contributed by atoms with Crippen molar-refractivity contribution in [3.05, 3.63) is 35.5 Å². The van der Waals surface area contributed by atoms with Crippen molar-refractivity contribution in [3.63, 3.8) is 0 Å². The Morgan fingerprint density at radius 2 is 1.90 bits per heavy atom. The first kappa shape index (κ1) is 14.1. The third-order valence-electron chi connectivity index (χ3n) is 3.90. The van der Waals surface area contributed by atoms with E-state index < -0.39 is 0 Å². The minimum Gasteiger partial charge on any atom is -0.313 e. The summed E-state index contributed by atoms with van der Waals surface area (Å²) < 4.78 is 0. The molecule has 2 aromatic heterocycles. The summed E-state index contributed by atoms with van der Waals surface area (Å²) in [7, 11) is 0. The molecule has 1 aliphatic rings. The topological polar surface area (TPSA) is 63.6 Å². The summed E-state index contributed by atoms with van der Waals surface area (Å²) in [6.07, 6.45) is 7.65. The van der Waals surface area contributed by atoms with Gasteiger partial charge in [-0.05, 0) is 38.2 Å². The molecule has 1 unspecified atom stereocenters. The lowest BCUT2D eigenvalue weighted by Gasteiger charge is -2.17. The molecule has 1 fully saturated rings. The molecule has 1 N–H and O–H groups in total. The molecular formula is C16H21N5. The maximum Gasteiger partial charge on any atom is 0.180 e. The second kappa shape index (κ2) is 5.85. The van der Waals surface area contributed by atoms with Crippen molar-refractivity contribution in [3.8, 4) is 11.5 Å². The highest BCUT2D eigenvalue weighted by Crippen LogP contribution is 2.25. The number of nitrogens with one attached hydrogen (secondary N) is 1. The highest BCUT2D eigenvalue weighted by Gasteiger charge is 2.23. The fourth-order valence-corrected chi connectivity index (χ4v) is 2.70. The summed E-state index contributed by atoms with van der Waals surface area (Å²) in [5.74, 6) is 1.07. The van der Waals surface area contributed by atoms with Crippen molar-refractivity contribution in [2.24, 2.45) is 0 Å². The van der Waals surface area contributed by atoms with E-state index in [9.17, 15) is 0 Å². The van der Waals surface area contributed by atoms with Gasteiger partial charge in [0.2, 0.25) is 0 Å². The molecule has 0 spiro atoms. The zero-order chi connectivity index (χ0) is 14.8. The van der Waals surface area contributed by atoms with Gasteiger partial charge < -0.3 is 5.32 Å². The van der Waals surface area contributed by atoms with Crippen molar-refractivity contribution in [2.45, 2.75) is 45.6 Å². The Bertz CT molecular complexity index is 599. The Hall–Kier alpha value is -1.88. The number of hydrogen-bond acceptors (Lipinski definition) is 5. The molecule has 0 aliphatic heterocycles. The summed E-state index contributed by atoms with van der Waals surface area (Å²) in [6.45, 7) is 7.32. The maximum atomic E-state index is 4.63. The molecule has 21 heavy (non-hydrogen) atoms. The SMILES string of the molecule is Cc1nc(-c2cnccn2)nc(C)c1C(C)CNC1CC1. The van der Waals surface area contributed by atoms with Gasteiger partial charge in [0.25, 0.3) is 0 Å². The summed E-state index contributed by atoms with van der Waals surface area (Å²) in [6, 6.07) is 0.729. The third-order valence-corrected chi connectivity index (χ3v) is 3.90. The highest BCUT2D eigenvalue weighted by molar-refractivity contribution is 5.49. The molecule has 2 heterocycles. The summed E-state index contributed by atoms with van der Waals surface area (Å²) >= 11 is 0. The third kappa shape index (κ3) is 3.24. The minimum atomic E-state index is 0.418. The second-order valence-electron chi connectivity index (χ2n) is 5.81. The van der Waals surface area contributed by atoms with Crippen LogP contribution in [0.15, 0.2) is 18.6 Å². The van der Waals surface area contributed by atoms with Crippen LogP contribution in [0.4, 0.5) is 0 Å². The lowest BCUT2D eigenvalue weighted by atomic mass is 9.98. The zero-order valence-electron chi connectivity index (χ0n) is 12.8. The maximum absolute atomic E-state index is 4.63. The fraction of sp³-hybridized carbons (Fsp3) is 0.500. The van der Waals surface area contributed by atoms with Gasteiger partial charge in [0.05, 0.1) is 6.20 Å². The Morgan fingerprint density at radius 1 is 1.19 bits per heavy atom. The van der Waals surface area contributed by atoms with Crippen LogP contribution < -0.4 is 5.32 Å². The first-order chi connectivity index (χ1) is 10.1. The van der Waals surface area contributed by atoms with E-state index in [1.54, 1.807) is 18.6 Å². The monoisotopic (exact) mass is 283 g/mol. The van der Waals surface area contributed by atoms with Gasteiger partial charge in [-0.2, -0.15) is 0 Å². The normalized spacial score (nSPS) is 16.0. The van der Waals surface area contributed by atoms with Crippen molar-refractivity contribution in [1.29, 1.82) is 0 Å². The lowest BCUT2D eigenvalue weighted by molar-refractivity contribution is 0.603. The summed E-state index contributed by atoms with van der Waals surface area (Å²) in [5.41, 5.74) is 4.04. The Labute approximate surface area is 125 Å². The van der Waals surface area contributed by atoms with E-state index in [-0.39, 0.29) is 0 Å². The molecule has 0 amide bonds. The number of aromatic nitrogens is 4. The van der Waals surface area contributed by atoms with Crippen LogP contribution in [-0.2, 0) is 0 Å². The predicted molar refractivity (Wildman–Crippen MR) is 82.0 cm³/mol. The second-order valence-corrected chi connectivity index (χ2v) is 5.81. The van der Waals surface area contributed by atoms with Crippen LogP contribution in [0, 0.1) is 13.8 Å². The standard InChI is InChI=1S/C16H21N5/c1-10(8-19-13-4-5-13)15-11(2)20-16(21-12(15)3)14-9-17-6-7-18-14/h6-7,9-10,13,19H,4-5,8H2,1-3H3. The molecule has 0 aromatic carbocycles. The lowest BCUT2D eigenvalue weighted by Crippen LogP contribution is -2.23. The molecule has 0 bridgehead atoms. The van der Waals surface area contributed by atoms with Gasteiger partial charge in [-0.25, -0.2) is 15.0 Å². The van der Waals surface area contributed by atoms with Gasteiger partial charge in [-0.15, -0.1) is 0 Å². The predicted octanol–water partition coefficient (Wildman–Crippen LogP) is 2.41. The largest absolute Gasteiger partial charge is 0.313 e. The van der Waals surface area contributed by atoms with Crippen LogP contribution in [-0.4, -0.2) is 32.5 Å². The van der Waals surface area contributed by atoms with Crippen LogP contribution in [0.2, 0.25) is 0 Å². The van der Waals surface area contributed by atoms with E-state index in [0.29, 0.717) is 11.7 Å². The molecule has 5 heteroatoms. The summed E-state index contributed by atoms with van der Waals surface area (Å²) in [4.78, 5) is 17.6. The molecule has 3 rings (SSSR count). The van der Waals surface area contributed by atoms with Crippen molar-refractivity contribution in [2.75, 3.05) is 6.54 Å². The zero-order valence-corrected chi connectivity index (χ0v) is 12.8. The average molecular weight is 283 g/mol. The fourth-order valence-electron chi connectivity index (χ4n) is 2.70. The van der Waals surface area contributed by atoms with Gasteiger partial charge in [-0.1, -0.05) is 6.92 Å². The van der Waals surface area contributed by atoms with Gasteiger partial charge in [0.15, 0.2) is 5.82 Å². The van der Waals surface area contributed by atoms with Gasteiger partial charge >= 0.3 is 0 Å². The van der Waals surface area contributed by atoms with Gasteiger partial charge in [0, 0.05) is 36.4 Å². The first-order valence-electron chi connectivity index (χ1n) is 7.50.